The summed E-state index contributed by atoms with van der Waals surface area (Å²) in [6.07, 6.45) is 2.89. The summed E-state index contributed by atoms with van der Waals surface area (Å²) in [5.74, 6) is 1.16. The Morgan fingerprint density at radius 1 is 1.21 bits per heavy atom. The molecule has 0 aromatic heterocycles. The van der Waals surface area contributed by atoms with Crippen LogP contribution in [0.2, 0.25) is 0 Å². The van der Waals surface area contributed by atoms with E-state index in [9.17, 15) is 9.59 Å². The molecule has 132 valence electrons. The van der Waals surface area contributed by atoms with Gasteiger partial charge in [-0.3, -0.25) is 9.59 Å². The molecule has 2 amide bonds. The van der Waals surface area contributed by atoms with Crippen LogP contribution in [0.5, 0.6) is 5.75 Å². The summed E-state index contributed by atoms with van der Waals surface area (Å²) in [6, 6.07) is 7.98. The Labute approximate surface area is 144 Å². The third kappa shape index (κ3) is 5.25. The van der Waals surface area contributed by atoms with E-state index in [1.807, 2.05) is 43.0 Å². The topological polar surface area (TPSA) is 58.6 Å². The number of carbonyl (C=O) groups is 2. The van der Waals surface area contributed by atoms with E-state index >= 15 is 0 Å². The fraction of sp³-hybridized carbons (Fsp3) is 0.579. The lowest BCUT2D eigenvalue weighted by atomic mass is 10.0. The molecule has 0 atom stereocenters. The van der Waals surface area contributed by atoms with Crippen molar-refractivity contribution < 1.29 is 14.3 Å². The van der Waals surface area contributed by atoms with Crippen LogP contribution < -0.4 is 10.1 Å². The van der Waals surface area contributed by atoms with Crippen molar-refractivity contribution in [2.75, 3.05) is 20.2 Å². The lowest BCUT2D eigenvalue weighted by molar-refractivity contribution is -0.135. The van der Waals surface area contributed by atoms with Gasteiger partial charge in [-0.05, 0) is 37.0 Å². The molecule has 1 aromatic rings. The highest BCUT2D eigenvalue weighted by Crippen LogP contribution is 2.15. The number of piperidine rings is 1. The summed E-state index contributed by atoms with van der Waals surface area (Å²) in [5.41, 5.74) is 1.13. The minimum absolute atomic E-state index is 0.0423. The first kappa shape index (κ1) is 18.3. The Bertz CT molecular complexity index is 546. The zero-order chi connectivity index (χ0) is 17.5. The molecule has 0 radical (unpaired) electrons. The predicted molar refractivity (Wildman–Crippen MR) is 93.9 cm³/mol. The van der Waals surface area contributed by atoms with Crippen LogP contribution in [0.3, 0.4) is 0 Å². The fourth-order valence-electron chi connectivity index (χ4n) is 2.96. The van der Waals surface area contributed by atoms with Crippen molar-refractivity contribution in [1.82, 2.24) is 10.2 Å². The van der Waals surface area contributed by atoms with Gasteiger partial charge in [0.2, 0.25) is 11.8 Å². The SMILES string of the molecule is COc1ccc(CCC(=O)NC2CCN(C(=O)C(C)C)CC2)cc1. The molecular weight excluding hydrogens is 304 g/mol. The van der Waals surface area contributed by atoms with E-state index in [1.165, 1.54) is 0 Å². The van der Waals surface area contributed by atoms with E-state index in [-0.39, 0.29) is 23.8 Å². The Balaban J connectivity index is 1.70. The van der Waals surface area contributed by atoms with Gasteiger partial charge in [0.15, 0.2) is 0 Å². The quantitative estimate of drug-likeness (QED) is 0.870. The normalized spacial score (nSPS) is 15.4. The summed E-state index contributed by atoms with van der Waals surface area (Å²) < 4.78 is 5.13. The average molecular weight is 332 g/mol. The van der Waals surface area contributed by atoms with Gasteiger partial charge in [-0.25, -0.2) is 0 Å². The molecule has 0 unspecified atom stereocenters. The standard InChI is InChI=1S/C19H28N2O3/c1-14(2)19(23)21-12-10-16(11-13-21)20-18(22)9-6-15-4-7-17(24-3)8-5-15/h4-5,7-8,14,16H,6,9-13H2,1-3H3,(H,20,22). The Morgan fingerprint density at radius 3 is 2.38 bits per heavy atom. The van der Waals surface area contributed by atoms with E-state index in [4.69, 9.17) is 4.74 Å². The molecule has 0 spiro atoms. The van der Waals surface area contributed by atoms with Crippen molar-refractivity contribution in [2.24, 2.45) is 5.92 Å². The summed E-state index contributed by atoms with van der Waals surface area (Å²) in [7, 11) is 1.64. The van der Waals surface area contributed by atoms with E-state index in [2.05, 4.69) is 5.32 Å². The Morgan fingerprint density at radius 2 is 1.83 bits per heavy atom. The third-order valence-corrected chi connectivity index (χ3v) is 4.47. The van der Waals surface area contributed by atoms with Gasteiger partial charge in [0.1, 0.15) is 5.75 Å². The molecule has 5 heteroatoms. The molecule has 0 aliphatic carbocycles. The van der Waals surface area contributed by atoms with Gasteiger partial charge < -0.3 is 15.0 Å². The highest BCUT2D eigenvalue weighted by atomic mass is 16.5. The Hall–Kier alpha value is -2.04. The minimum atomic E-state index is 0.0423. The number of benzene rings is 1. The summed E-state index contributed by atoms with van der Waals surface area (Å²) in [6.45, 7) is 5.33. The molecule has 1 N–H and O–H groups in total. The molecular formula is C19H28N2O3. The van der Waals surface area contributed by atoms with Crippen LogP contribution in [0.25, 0.3) is 0 Å². The first-order valence-corrected chi connectivity index (χ1v) is 8.70. The number of nitrogens with zero attached hydrogens (tertiary/aromatic N) is 1. The maximum atomic E-state index is 12.1. The number of ether oxygens (including phenoxy) is 1. The van der Waals surface area contributed by atoms with Crippen LogP contribution in [0.15, 0.2) is 24.3 Å². The number of aryl methyl sites for hydroxylation is 1. The monoisotopic (exact) mass is 332 g/mol. The molecule has 1 aromatic carbocycles. The second-order valence-electron chi connectivity index (χ2n) is 6.67. The number of rotatable bonds is 6. The largest absolute Gasteiger partial charge is 0.497 e. The van der Waals surface area contributed by atoms with Crippen LogP contribution in [-0.2, 0) is 16.0 Å². The fourth-order valence-corrected chi connectivity index (χ4v) is 2.96. The molecule has 2 rings (SSSR count). The highest BCUT2D eigenvalue weighted by Gasteiger charge is 2.24. The molecule has 1 fully saturated rings. The summed E-state index contributed by atoms with van der Waals surface area (Å²) in [5, 5.41) is 3.10. The molecule has 1 aliphatic rings. The highest BCUT2D eigenvalue weighted by molar-refractivity contribution is 5.78. The van der Waals surface area contributed by atoms with Crippen molar-refractivity contribution in [3.63, 3.8) is 0 Å². The van der Waals surface area contributed by atoms with Crippen molar-refractivity contribution in [1.29, 1.82) is 0 Å². The van der Waals surface area contributed by atoms with Gasteiger partial charge in [0.25, 0.3) is 0 Å². The van der Waals surface area contributed by atoms with Gasteiger partial charge in [-0.1, -0.05) is 26.0 Å². The van der Waals surface area contributed by atoms with Gasteiger partial charge in [-0.2, -0.15) is 0 Å². The summed E-state index contributed by atoms with van der Waals surface area (Å²) >= 11 is 0. The summed E-state index contributed by atoms with van der Waals surface area (Å²) in [4.78, 5) is 26.0. The first-order chi connectivity index (χ1) is 11.5. The van der Waals surface area contributed by atoms with E-state index < -0.39 is 0 Å². The zero-order valence-electron chi connectivity index (χ0n) is 14.9. The van der Waals surface area contributed by atoms with Gasteiger partial charge >= 0.3 is 0 Å². The smallest absolute Gasteiger partial charge is 0.225 e. The van der Waals surface area contributed by atoms with Crippen molar-refractivity contribution in [2.45, 2.75) is 45.6 Å². The van der Waals surface area contributed by atoms with Crippen LogP contribution >= 0.6 is 0 Å². The number of nitrogens with one attached hydrogen (secondary N) is 1. The van der Waals surface area contributed by atoms with Gasteiger partial charge in [0.05, 0.1) is 7.11 Å². The molecule has 5 nitrogen and oxygen atoms in total. The number of amides is 2. The minimum Gasteiger partial charge on any atom is -0.497 e. The number of methoxy groups -OCH3 is 1. The zero-order valence-corrected chi connectivity index (χ0v) is 14.9. The second kappa shape index (κ2) is 8.71. The van der Waals surface area contributed by atoms with Crippen molar-refractivity contribution in [3.05, 3.63) is 29.8 Å². The Kier molecular flexibility index (Phi) is 6.64. The molecule has 0 bridgehead atoms. The van der Waals surface area contributed by atoms with Gasteiger partial charge in [0, 0.05) is 31.5 Å². The number of hydrogen-bond acceptors (Lipinski definition) is 3. The lowest BCUT2D eigenvalue weighted by Crippen LogP contribution is -2.47. The number of carbonyl (C=O) groups excluding carboxylic acids is 2. The molecule has 1 saturated heterocycles. The maximum absolute atomic E-state index is 12.1. The second-order valence-corrected chi connectivity index (χ2v) is 6.67. The molecule has 1 heterocycles. The average Bonchev–Trinajstić information content (AvgIpc) is 2.60. The van der Waals surface area contributed by atoms with Crippen molar-refractivity contribution >= 4 is 11.8 Å². The van der Waals surface area contributed by atoms with E-state index in [0.717, 1.165) is 43.7 Å². The first-order valence-electron chi connectivity index (χ1n) is 8.70. The van der Waals surface area contributed by atoms with E-state index in [0.29, 0.717) is 6.42 Å². The van der Waals surface area contributed by atoms with Crippen LogP contribution in [-0.4, -0.2) is 43.0 Å². The number of hydrogen-bond donors (Lipinski definition) is 1. The van der Waals surface area contributed by atoms with Crippen LogP contribution in [0.4, 0.5) is 0 Å². The predicted octanol–water partition coefficient (Wildman–Crippen LogP) is 2.39. The third-order valence-electron chi connectivity index (χ3n) is 4.47. The lowest BCUT2D eigenvalue weighted by Gasteiger charge is -2.33. The maximum Gasteiger partial charge on any atom is 0.225 e. The van der Waals surface area contributed by atoms with E-state index in [1.54, 1.807) is 7.11 Å². The van der Waals surface area contributed by atoms with Gasteiger partial charge in [-0.15, -0.1) is 0 Å². The molecule has 0 saturated carbocycles. The van der Waals surface area contributed by atoms with Crippen LogP contribution in [0, 0.1) is 5.92 Å². The van der Waals surface area contributed by atoms with Crippen molar-refractivity contribution in [3.8, 4) is 5.75 Å². The molecule has 1 aliphatic heterocycles. The molecule has 24 heavy (non-hydrogen) atoms. The number of likely N-dealkylation sites (tertiary alicyclic amines) is 1. The van der Waals surface area contributed by atoms with Crippen LogP contribution in [0.1, 0.15) is 38.7 Å².